The van der Waals surface area contributed by atoms with Crippen LogP contribution in [0.25, 0.3) is 17.2 Å². The van der Waals surface area contributed by atoms with Gasteiger partial charge >= 0.3 is 0 Å². The Morgan fingerprint density at radius 3 is 2.55 bits per heavy atom. The van der Waals surface area contributed by atoms with E-state index in [0.717, 1.165) is 18.5 Å². The molecule has 3 heterocycles. The lowest BCUT2D eigenvalue weighted by Gasteiger charge is -2.33. The van der Waals surface area contributed by atoms with Gasteiger partial charge in [0.05, 0.1) is 17.7 Å². The van der Waals surface area contributed by atoms with E-state index in [1.165, 1.54) is 18.5 Å². The number of H-pyrrole nitrogens is 1. The first-order valence-electron chi connectivity index (χ1n) is 9.32. The second kappa shape index (κ2) is 7.55. The van der Waals surface area contributed by atoms with Crippen molar-refractivity contribution in [1.82, 2.24) is 19.9 Å². The van der Waals surface area contributed by atoms with Crippen LogP contribution in [0.3, 0.4) is 0 Å². The molecule has 0 spiro atoms. The molecule has 0 aliphatic carbocycles. The Labute approximate surface area is 183 Å². The summed E-state index contributed by atoms with van der Waals surface area (Å²) in [5.41, 5.74) is -0.782. The molecule has 1 atom stereocenters. The molecule has 4 aromatic rings. The van der Waals surface area contributed by atoms with E-state index < -0.39 is 50.1 Å². The molecule has 2 aromatic heterocycles. The van der Waals surface area contributed by atoms with E-state index in [4.69, 9.17) is 0 Å². The molecule has 0 saturated heterocycles. The summed E-state index contributed by atoms with van der Waals surface area (Å²) in [7, 11) is -4.80. The van der Waals surface area contributed by atoms with Crippen molar-refractivity contribution < 1.29 is 26.0 Å². The molecular weight excluding hydrogens is 464 g/mol. The maximum atomic E-state index is 15.6. The molecule has 5 rings (SSSR count). The smallest absolute Gasteiger partial charge is 0.272 e. The predicted molar refractivity (Wildman–Crippen MR) is 111 cm³/mol. The Morgan fingerprint density at radius 2 is 1.79 bits per heavy atom. The number of hydrogen-bond acceptors (Lipinski definition) is 6. The summed E-state index contributed by atoms with van der Waals surface area (Å²) in [6.45, 7) is 0. The largest absolute Gasteiger partial charge is 0.334 e. The summed E-state index contributed by atoms with van der Waals surface area (Å²) in [4.78, 5) is 13.8. The first-order valence-corrected chi connectivity index (χ1v) is 10.8. The highest BCUT2D eigenvalue weighted by Gasteiger charge is 2.40. The van der Waals surface area contributed by atoms with Crippen LogP contribution >= 0.6 is 0 Å². The lowest BCUT2D eigenvalue weighted by Crippen LogP contribution is -2.40. The van der Waals surface area contributed by atoms with Gasteiger partial charge in [0.1, 0.15) is 34.2 Å². The van der Waals surface area contributed by atoms with E-state index in [2.05, 4.69) is 25.3 Å². The number of rotatable bonds is 4. The van der Waals surface area contributed by atoms with Gasteiger partial charge in [-0.25, -0.2) is 45.2 Å². The predicted octanol–water partition coefficient (Wildman–Crippen LogP) is 3.73. The zero-order chi connectivity index (χ0) is 23.3. The highest BCUT2D eigenvalue weighted by molar-refractivity contribution is 7.93. The zero-order valence-corrected chi connectivity index (χ0v) is 17.1. The fourth-order valence-corrected chi connectivity index (χ4v) is 5.27. The molecular formula is C20H12F4N6O2S. The van der Waals surface area contributed by atoms with Gasteiger partial charge in [-0.05, 0) is 29.8 Å². The standard InChI is InChI=1S/C20H12F4N6O2S/c21-11-5-12(22)7-13(6-11)30-15(4-10-2-1-3-14(23)17(10)33(30,31)32)18(24)29-20-16-19(26-8-25-16)27-9-28-20/h1-9,18H,(H2,25,26,27,28,29). The van der Waals surface area contributed by atoms with Crippen molar-refractivity contribution in [2.45, 2.75) is 11.2 Å². The summed E-state index contributed by atoms with van der Waals surface area (Å²) in [5.74, 6) is -3.36. The average Bonchev–Trinajstić information content (AvgIpc) is 3.22. The Kier molecular flexibility index (Phi) is 4.78. The molecule has 0 saturated carbocycles. The highest BCUT2D eigenvalue weighted by Crippen LogP contribution is 2.39. The van der Waals surface area contributed by atoms with Crippen LogP contribution in [0.4, 0.5) is 29.1 Å². The van der Waals surface area contributed by atoms with Crippen LogP contribution in [0, 0.1) is 17.5 Å². The van der Waals surface area contributed by atoms with Gasteiger partial charge in [-0.3, -0.25) is 0 Å². The highest BCUT2D eigenvalue weighted by atomic mass is 32.2. The van der Waals surface area contributed by atoms with Gasteiger partial charge in [0.2, 0.25) is 6.30 Å². The molecule has 1 aliphatic rings. The van der Waals surface area contributed by atoms with Gasteiger partial charge in [-0.15, -0.1) is 0 Å². The second-order valence-electron chi connectivity index (χ2n) is 6.95. The molecule has 0 radical (unpaired) electrons. The van der Waals surface area contributed by atoms with Crippen LogP contribution in [-0.4, -0.2) is 34.6 Å². The minimum absolute atomic E-state index is 0.0672. The van der Waals surface area contributed by atoms with Crippen molar-refractivity contribution in [1.29, 1.82) is 0 Å². The molecule has 2 aromatic carbocycles. The number of nitrogens with one attached hydrogen (secondary N) is 2. The van der Waals surface area contributed by atoms with Gasteiger partial charge in [-0.1, -0.05) is 12.1 Å². The molecule has 33 heavy (non-hydrogen) atoms. The summed E-state index contributed by atoms with van der Waals surface area (Å²) in [5, 5.41) is 2.40. The second-order valence-corrected chi connectivity index (χ2v) is 8.68. The van der Waals surface area contributed by atoms with Gasteiger partial charge in [0.15, 0.2) is 11.5 Å². The van der Waals surface area contributed by atoms with E-state index in [9.17, 15) is 21.6 Å². The SMILES string of the molecule is O=S1(=O)c2c(F)cccc2C=C(C(F)Nc2ncnc3[nH]cnc23)N1c1cc(F)cc(F)c1. The minimum atomic E-state index is -4.80. The normalized spacial score (nSPS) is 15.8. The summed E-state index contributed by atoms with van der Waals surface area (Å²) in [6.07, 6.45) is 1.25. The fraction of sp³-hybridized carbons (Fsp3) is 0.0500. The van der Waals surface area contributed by atoms with Crippen LogP contribution in [-0.2, 0) is 10.0 Å². The van der Waals surface area contributed by atoms with Crippen molar-refractivity contribution in [2.24, 2.45) is 0 Å². The number of anilines is 2. The number of aromatic nitrogens is 4. The number of hydrogen-bond donors (Lipinski definition) is 2. The Morgan fingerprint density at radius 1 is 1.03 bits per heavy atom. The third-order valence-electron chi connectivity index (χ3n) is 4.86. The van der Waals surface area contributed by atoms with Crippen LogP contribution in [0.1, 0.15) is 5.56 Å². The molecule has 2 N–H and O–H groups in total. The van der Waals surface area contributed by atoms with E-state index in [-0.39, 0.29) is 16.9 Å². The molecule has 13 heteroatoms. The number of alkyl halides is 1. The van der Waals surface area contributed by atoms with E-state index in [1.807, 2.05) is 0 Å². The van der Waals surface area contributed by atoms with Crippen LogP contribution < -0.4 is 9.62 Å². The first kappa shape index (κ1) is 20.9. The van der Waals surface area contributed by atoms with Gasteiger partial charge < -0.3 is 10.3 Å². The number of fused-ring (bicyclic) bond motifs is 2. The number of benzene rings is 2. The monoisotopic (exact) mass is 476 g/mol. The van der Waals surface area contributed by atoms with Crippen molar-refractivity contribution >= 4 is 38.8 Å². The quantitative estimate of drug-likeness (QED) is 0.344. The number of nitrogens with zero attached hydrogens (tertiary/aromatic N) is 4. The lowest BCUT2D eigenvalue weighted by atomic mass is 10.1. The summed E-state index contributed by atoms with van der Waals surface area (Å²) < 4.78 is 85.0. The lowest BCUT2D eigenvalue weighted by molar-refractivity contribution is 0.418. The third kappa shape index (κ3) is 3.46. The van der Waals surface area contributed by atoms with Crippen LogP contribution in [0.15, 0.2) is 59.6 Å². The Balaban J connectivity index is 1.68. The summed E-state index contributed by atoms with van der Waals surface area (Å²) in [6, 6.07) is 5.38. The molecule has 0 bridgehead atoms. The van der Waals surface area contributed by atoms with Gasteiger partial charge in [0.25, 0.3) is 10.0 Å². The van der Waals surface area contributed by atoms with E-state index in [0.29, 0.717) is 28.2 Å². The minimum Gasteiger partial charge on any atom is -0.334 e. The topological polar surface area (TPSA) is 104 Å². The molecule has 1 aliphatic heterocycles. The zero-order valence-electron chi connectivity index (χ0n) is 16.3. The Hall–Kier alpha value is -4.00. The van der Waals surface area contributed by atoms with Gasteiger partial charge in [0, 0.05) is 6.07 Å². The summed E-state index contributed by atoms with van der Waals surface area (Å²) >= 11 is 0. The fourth-order valence-electron chi connectivity index (χ4n) is 3.54. The third-order valence-corrected chi connectivity index (χ3v) is 6.70. The van der Waals surface area contributed by atoms with Crippen molar-refractivity contribution in [3.63, 3.8) is 0 Å². The average molecular weight is 476 g/mol. The van der Waals surface area contributed by atoms with E-state index in [1.54, 1.807) is 0 Å². The van der Waals surface area contributed by atoms with Crippen molar-refractivity contribution in [2.75, 3.05) is 9.62 Å². The number of sulfonamides is 1. The number of halogens is 4. The van der Waals surface area contributed by atoms with Crippen LogP contribution in [0.2, 0.25) is 0 Å². The molecule has 1 unspecified atom stereocenters. The van der Waals surface area contributed by atoms with E-state index >= 15 is 4.39 Å². The molecule has 8 nitrogen and oxygen atoms in total. The molecule has 0 amide bonds. The van der Waals surface area contributed by atoms with Crippen molar-refractivity contribution in [3.8, 4) is 0 Å². The Bertz CT molecular complexity index is 1520. The van der Waals surface area contributed by atoms with Gasteiger partial charge in [-0.2, -0.15) is 0 Å². The van der Waals surface area contributed by atoms with Crippen molar-refractivity contribution in [3.05, 3.63) is 77.8 Å². The molecule has 168 valence electrons. The number of aromatic amines is 1. The molecule has 0 fully saturated rings. The van der Waals surface area contributed by atoms with Crippen LogP contribution in [0.5, 0.6) is 0 Å². The first-order chi connectivity index (χ1) is 15.8. The number of imidazole rings is 1. The maximum Gasteiger partial charge on any atom is 0.272 e. The maximum absolute atomic E-state index is 15.6.